The van der Waals surface area contributed by atoms with Crippen LogP contribution in [-0.2, 0) is 54.8 Å². The van der Waals surface area contributed by atoms with Crippen molar-refractivity contribution in [2.75, 3.05) is 13.2 Å². The standard InChI is InChI=1S/C38H40O6/c1-2-3-24-40-38-37(43-28-33-22-14-7-15-23-33)36(42-27-32-20-12-6-13-21-32)35(41-26-31-18-10-5-11-19-31)34(44-38)29-39-25-30-16-8-4-9-17-30/h4-23,34-38H,24-29H2,1H3/t34-,35+,36+,37-,38-/m1/s1. The number of benzene rings is 4. The van der Waals surface area contributed by atoms with E-state index >= 15 is 0 Å². The first kappa shape index (κ1) is 31.6. The molecule has 6 heteroatoms. The molecule has 0 N–H and O–H groups in total. The lowest BCUT2D eigenvalue weighted by Gasteiger charge is -2.45. The first-order chi connectivity index (χ1) is 21.8. The van der Waals surface area contributed by atoms with Crippen LogP contribution in [-0.4, -0.2) is 43.9 Å². The van der Waals surface area contributed by atoms with E-state index in [0.717, 1.165) is 22.3 Å². The molecule has 0 amide bonds. The van der Waals surface area contributed by atoms with Crippen molar-refractivity contribution in [1.82, 2.24) is 0 Å². The summed E-state index contributed by atoms with van der Waals surface area (Å²) in [6.07, 6.45) is -2.86. The summed E-state index contributed by atoms with van der Waals surface area (Å²) in [5.74, 6) is 5.89. The molecule has 1 saturated heterocycles. The van der Waals surface area contributed by atoms with Gasteiger partial charge in [0.05, 0.1) is 33.0 Å². The van der Waals surface area contributed by atoms with E-state index in [0.29, 0.717) is 26.4 Å². The minimum absolute atomic E-state index is 0.199. The Morgan fingerprint density at radius 2 is 0.955 bits per heavy atom. The highest BCUT2D eigenvalue weighted by atomic mass is 16.7. The van der Waals surface area contributed by atoms with Crippen LogP contribution in [0.2, 0.25) is 0 Å². The first-order valence-electron chi connectivity index (χ1n) is 15.0. The summed E-state index contributed by atoms with van der Waals surface area (Å²) in [6.45, 7) is 3.83. The van der Waals surface area contributed by atoms with Gasteiger partial charge in [-0.3, -0.25) is 0 Å². The zero-order chi connectivity index (χ0) is 30.2. The van der Waals surface area contributed by atoms with Crippen molar-refractivity contribution in [3.05, 3.63) is 144 Å². The van der Waals surface area contributed by atoms with Crippen molar-refractivity contribution in [3.8, 4) is 11.8 Å². The molecular weight excluding hydrogens is 552 g/mol. The highest BCUT2D eigenvalue weighted by molar-refractivity contribution is 5.16. The third-order valence-electron chi connectivity index (χ3n) is 7.34. The van der Waals surface area contributed by atoms with E-state index in [4.69, 9.17) is 28.4 Å². The fourth-order valence-electron chi connectivity index (χ4n) is 5.08. The monoisotopic (exact) mass is 592 g/mol. The van der Waals surface area contributed by atoms with E-state index in [2.05, 4.69) is 11.8 Å². The lowest BCUT2D eigenvalue weighted by molar-refractivity contribution is -0.326. The second-order valence-electron chi connectivity index (χ2n) is 10.6. The molecule has 228 valence electrons. The molecule has 1 heterocycles. The average molecular weight is 593 g/mol. The predicted octanol–water partition coefficient (Wildman–Crippen LogP) is 6.72. The van der Waals surface area contributed by atoms with Gasteiger partial charge in [0.15, 0.2) is 6.29 Å². The van der Waals surface area contributed by atoms with Crippen LogP contribution in [0.15, 0.2) is 121 Å². The molecule has 44 heavy (non-hydrogen) atoms. The fourth-order valence-corrected chi connectivity index (χ4v) is 5.08. The van der Waals surface area contributed by atoms with Gasteiger partial charge in [0.25, 0.3) is 0 Å². The van der Waals surface area contributed by atoms with Crippen LogP contribution < -0.4 is 0 Å². The normalized spacial score (nSPS) is 21.3. The average Bonchev–Trinajstić information content (AvgIpc) is 3.08. The molecule has 4 aromatic rings. The van der Waals surface area contributed by atoms with Crippen molar-refractivity contribution in [3.63, 3.8) is 0 Å². The third-order valence-corrected chi connectivity index (χ3v) is 7.34. The number of ether oxygens (including phenoxy) is 6. The van der Waals surface area contributed by atoms with E-state index in [1.165, 1.54) is 0 Å². The molecule has 5 rings (SSSR count). The van der Waals surface area contributed by atoms with Gasteiger partial charge in [-0.15, -0.1) is 5.92 Å². The summed E-state index contributed by atoms with van der Waals surface area (Å²) in [5, 5.41) is 0. The van der Waals surface area contributed by atoms with E-state index in [9.17, 15) is 0 Å². The maximum atomic E-state index is 6.70. The van der Waals surface area contributed by atoms with Crippen LogP contribution in [0.4, 0.5) is 0 Å². The van der Waals surface area contributed by atoms with E-state index in [1.54, 1.807) is 6.92 Å². The second kappa shape index (κ2) is 17.5. The molecule has 0 aliphatic carbocycles. The first-order valence-corrected chi connectivity index (χ1v) is 15.0. The molecule has 4 aromatic carbocycles. The van der Waals surface area contributed by atoms with Crippen molar-refractivity contribution in [2.45, 2.75) is 64.1 Å². The van der Waals surface area contributed by atoms with Crippen LogP contribution in [0.3, 0.4) is 0 Å². The highest BCUT2D eigenvalue weighted by Crippen LogP contribution is 2.31. The number of rotatable bonds is 15. The lowest BCUT2D eigenvalue weighted by atomic mass is 9.97. The minimum Gasteiger partial charge on any atom is -0.374 e. The van der Waals surface area contributed by atoms with E-state index in [1.807, 2.05) is 121 Å². The SMILES string of the molecule is CC#CCO[C@@H]1O[C@H](COCc2ccccc2)[C@H](OCc2ccccc2)[C@H](OCc2ccccc2)[C@H]1OCc1ccccc1. The Hall–Kier alpha value is -3.80. The molecule has 6 nitrogen and oxygen atoms in total. The molecule has 1 aliphatic heterocycles. The molecule has 1 aliphatic rings. The van der Waals surface area contributed by atoms with Gasteiger partial charge in [-0.1, -0.05) is 127 Å². The van der Waals surface area contributed by atoms with Gasteiger partial charge < -0.3 is 28.4 Å². The van der Waals surface area contributed by atoms with Crippen LogP contribution in [0, 0.1) is 11.8 Å². The largest absolute Gasteiger partial charge is 0.374 e. The smallest absolute Gasteiger partial charge is 0.188 e. The number of hydrogen-bond acceptors (Lipinski definition) is 6. The van der Waals surface area contributed by atoms with Crippen LogP contribution in [0.25, 0.3) is 0 Å². The van der Waals surface area contributed by atoms with E-state index in [-0.39, 0.29) is 13.2 Å². The summed E-state index contributed by atoms with van der Waals surface area (Å²) in [4.78, 5) is 0. The van der Waals surface area contributed by atoms with Crippen LogP contribution in [0.5, 0.6) is 0 Å². The van der Waals surface area contributed by atoms with Gasteiger partial charge in [-0.2, -0.15) is 0 Å². The Balaban J connectivity index is 1.42. The Bertz CT molecular complexity index is 1400. The van der Waals surface area contributed by atoms with Crippen molar-refractivity contribution in [2.24, 2.45) is 0 Å². The molecular formula is C38H40O6. The van der Waals surface area contributed by atoms with Crippen LogP contribution >= 0.6 is 0 Å². The van der Waals surface area contributed by atoms with E-state index < -0.39 is 30.7 Å². The minimum atomic E-state index is -0.748. The molecule has 1 fully saturated rings. The predicted molar refractivity (Wildman–Crippen MR) is 169 cm³/mol. The molecule has 5 atom stereocenters. The maximum Gasteiger partial charge on any atom is 0.188 e. The molecule has 0 spiro atoms. The highest BCUT2D eigenvalue weighted by Gasteiger charge is 2.49. The summed E-state index contributed by atoms with van der Waals surface area (Å²) in [5.41, 5.74) is 4.22. The molecule has 0 bridgehead atoms. The summed E-state index contributed by atoms with van der Waals surface area (Å²) >= 11 is 0. The zero-order valence-electron chi connectivity index (χ0n) is 25.1. The quantitative estimate of drug-likeness (QED) is 0.143. The van der Waals surface area contributed by atoms with Crippen molar-refractivity contribution >= 4 is 0 Å². The van der Waals surface area contributed by atoms with Crippen molar-refractivity contribution in [1.29, 1.82) is 0 Å². The molecule has 0 unspecified atom stereocenters. The van der Waals surface area contributed by atoms with Gasteiger partial charge in [-0.25, -0.2) is 0 Å². The maximum absolute atomic E-state index is 6.70. The fraction of sp³-hybridized carbons (Fsp3) is 0.316. The molecule has 0 aromatic heterocycles. The van der Waals surface area contributed by atoms with Gasteiger partial charge in [-0.05, 0) is 29.2 Å². The van der Waals surface area contributed by atoms with Gasteiger partial charge >= 0.3 is 0 Å². The molecule has 0 radical (unpaired) electrons. The van der Waals surface area contributed by atoms with Gasteiger partial charge in [0.1, 0.15) is 31.0 Å². The Morgan fingerprint density at radius 3 is 1.43 bits per heavy atom. The topological polar surface area (TPSA) is 55.4 Å². The Morgan fingerprint density at radius 1 is 0.523 bits per heavy atom. The van der Waals surface area contributed by atoms with Crippen LogP contribution in [0.1, 0.15) is 29.2 Å². The van der Waals surface area contributed by atoms with Crippen molar-refractivity contribution < 1.29 is 28.4 Å². The number of hydrogen-bond donors (Lipinski definition) is 0. The molecule has 0 saturated carbocycles. The summed E-state index contributed by atoms with van der Waals surface area (Å²) in [7, 11) is 0. The van der Waals surface area contributed by atoms with Gasteiger partial charge in [0.2, 0.25) is 0 Å². The Labute approximate surface area is 260 Å². The third kappa shape index (κ3) is 9.60. The summed E-state index contributed by atoms with van der Waals surface area (Å²) in [6, 6.07) is 40.3. The lowest BCUT2D eigenvalue weighted by Crippen LogP contribution is -2.61. The summed E-state index contributed by atoms with van der Waals surface area (Å²) < 4.78 is 38.9. The Kier molecular flexibility index (Phi) is 12.6. The zero-order valence-corrected chi connectivity index (χ0v) is 25.1. The second-order valence-corrected chi connectivity index (χ2v) is 10.6. The van der Waals surface area contributed by atoms with Gasteiger partial charge in [0, 0.05) is 0 Å².